The molecule has 0 aliphatic carbocycles. The summed E-state index contributed by atoms with van der Waals surface area (Å²) in [6.45, 7) is 7.49. The molecule has 0 aromatic carbocycles. The third-order valence-electron chi connectivity index (χ3n) is 1.86. The van der Waals surface area contributed by atoms with Crippen molar-refractivity contribution < 1.29 is 9.53 Å². The summed E-state index contributed by atoms with van der Waals surface area (Å²) in [6, 6.07) is 0. The number of hydrogen-bond acceptors (Lipinski definition) is 3. The molecular weight excluding hydrogens is 194 g/mol. The molecule has 1 amide bonds. The highest BCUT2D eigenvalue weighted by molar-refractivity contribution is 5.89. The van der Waals surface area contributed by atoms with E-state index in [0.29, 0.717) is 11.6 Å². The quantitative estimate of drug-likeness (QED) is 0.808. The van der Waals surface area contributed by atoms with Crippen molar-refractivity contribution in [1.29, 1.82) is 0 Å². The lowest BCUT2D eigenvalue weighted by Gasteiger charge is -2.21. The normalized spacial score (nSPS) is 11.3. The Morgan fingerprint density at radius 3 is 2.53 bits per heavy atom. The minimum absolute atomic E-state index is 0.137. The summed E-state index contributed by atoms with van der Waals surface area (Å²) < 4.78 is 6.96. The number of hydrogen-bond donors (Lipinski definition) is 1. The van der Waals surface area contributed by atoms with Crippen LogP contribution < -0.4 is 10.1 Å². The van der Waals surface area contributed by atoms with Crippen LogP contribution in [0, 0.1) is 0 Å². The van der Waals surface area contributed by atoms with Gasteiger partial charge in [0.2, 0.25) is 11.8 Å². The highest BCUT2D eigenvalue weighted by atomic mass is 16.5. The van der Waals surface area contributed by atoms with Gasteiger partial charge in [0.1, 0.15) is 5.69 Å². The molecule has 84 valence electrons. The average Bonchev–Trinajstić information content (AvgIpc) is 2.45. The highest BCUT2D eigenvalue weighted by Crippen LogP contribution is 2.29. The van der Waals surface area contributed by atoms with Crippen LogP contribution in [0.4, 0.5) is 5.69 Å². The maximum atomic E-state index is 10.9. The van der Waals surface area contributed by atoms with Crippen LogP contribution in [0.25, 0.3) is 0 Å². The predicted octanol–water partition coefficient (Wildman–Crippen LogP) is 1.61. The standard InChI is InChI=1S/C10H17N3O2/c1-7(14)12-8-6-11-13(9(8)15-5)10(2,3)4/h6H,1-5H3,(H,12,14). The van der Waals surface area contributed by atoms with Crippen molar-refractivity contribution in [3.8, 4) is 5.88 Å². The largest absolute Gasteiger partial charge is 0.480 e. The summed E-state index contributed by atoms with van der Waals surface area (Å²) in [4.78, 5) is 10.9. The molecule has 0 bridgehead atoms. The molecule has 5 nitrogen and oxygen atoms in total. The first-order valence-corrected chi connectivity index (χ1v) is 4.76. The maximum Gasteiger partial charge on any atom is 0.236 e. The van der Waals surface area contributed by atoms with Crippen LogP contribution in [0.2, 0.25) is 0 Å². The van der Waals surface area contributed by atoms with Crippen LogP contribution in [0.5, 0.6) is 5.88 Å². The van der Waals surface area contributed by atoms with E-state index in [1.54, 1.807) is 18.0 Å². The molecule has 0 aliphatic heterocycles. The molecule has 0 radical (unpaired) electrons. The van der Waals surface area contributed by atoms with Gasteiger partial charge in [0.15, 0.2) is 0 Å². The molecule has 1 aromatic heterocycles. The fourth-order valence-electron chi connectivity index (χ4n) is 1.29. The minimum Gasteiger partial charge on any atom is -0.480 e. The molecule has 5 heteroatoms. The van der Waals surface area contributed by atoms with E-state index in [4.69, 9.17) is 4.74 Å². The first-order chi connectivity index (χ1) is 6.86. The Labute approximate surface area is 89.4 Å². The molecule has 0 unspecified atom stereocenters. The summed E-state index contributed by atoms with van der Waals surface area (Å²) in [6.07, 6.45) is 1.59. The maximum absolute atomic E-state index is 10.9. The van der Waals surface area contributed by atoms with Gasteiger partial charge in [0.25, 0.3) is 0 Å². The van der Waals surface area contributed by atoms with Crippen molar-refractivity contribution in [2.75, 3.05) is 12.4 Å². The Bertz CT molecular complexity index is 363. The zero-order valence-corrected chi connectivity index (χ0v) is 9.79. The number of amides is 1. The second-order valence-electron chi connectivity index (χ2n) is 4.33. The van der Waals surface area contributed by atoms with Gasteiger partial charge in [-0.2, -0.15) is 5.10 Å². The van der Waals surface area contributed by atoms with Gasteiger partial charge in [0.05, 0.1) is 18.8 Å². The van der Waals surface area contributed by atoms with Crippen LogP contribution in [0.15, 0.2) is 6.20 Å². The van der Waals surface area contributed by atoms with Gasteiger partial charge in [-0.15, -0.1) is 0 Å². The van der Waals surface area contributed by atoms with Gasteiger partial charge in [-0.1, -0.05) is 0 Å². The fourth-order valence-corrected chi connectivity index (χ4v) is 1.29. The summed E-state index contributed by atoms with van der Waals surface area (Å²) in [5.74, 6) is 0.430. The van der Waals surface area contributed by atoms with E-state index in [2.05, 4.69) is 10.4 Å². The summed E-state index contributed by atoms with van der Waals surface area (Å²) in [7, 11) is 1.56. The number of carbonyl (C=O) groups is 1. The molecule has 0 fully saturated rings. The predicted molar refractivity (Wildman–Crippen MR) is 58.1 cm³/mol. The lowest BCUT2D eigenvalue weighted by atomic mass is 10.1. The average molecular weight is 211 g/mol. The zero-order chi connectivity index (χ0) is 11.6. The number of anilines is 1. The Morgan fingerprint density at radius 1 is 1.53 bits per heavy atom. The van der Waals surface area contributed by atoms with E-state index in [9.17, 15) is 4.79 Å². The van der Waals surface area contributed by atoms with Crippen LogP contribution >= 0.6 is 0 Å². The summed E-state index contributed by atoms with van der Waals surface area (Å²) in [5.41, 5.74) is 0.419. The Hall–Kier alpha value is -1.52. The van der Waals surface area contributed by atoms with Crippen molar-refractivity contribution in [2.45, 2.75) is 33.2 Å². The molecular formula is C10H17N3O2. The van der Waals surface area contributed by atoms with E-state index in [1.165, 1.54) is 6.92 Å². The number of nitrogens with one attached hydrogen (secondary N) is 1. The van der Waals surface area contributed by atoms with E-state index in [0.717, 1.165) is 0 Å². The van der Waals surface area contributed by atoms with E-state index < -0.39 is 0 Å². The van der Waals surface area contributed by atoms with Gasteiger partial charge in [-0.3, -0.25) is 4.79 Å². The van der Waals surface area contributed by atoms with Gasteiger partial charge < -0.3 is 10.1 Å². The first-order valence-electron chi connectivity index (χ1n) is 4.76. The van der Waals surface area contributed by atoms with Crippen molar-refractivity contribution in [3.05, 3.63) is 6.20 Å². The Kier molecular flexibility index (Phi) is 3.02. The molecule has 0 spiro atoms. The van der Waals surface area contributed by atoms with E-state index in [-0.39, 0.29) is 11.4 Å². The third kappa shape index (κ3) is 2.49. The molecule has 1 aromatic rings. The number of nitrogens with zero attached hydrogens (tertiary/aromatic N) is 2. The topological polar surface area (TPSA) is 56.1 Å². The first kappa shape index (κ1) is 11.6. The smallest absolute Gasteiger partial charge is 0.236 e. The summed E-state index contributed by atoms with van der Waals surface area (Å²) in [5, 5.41) is 6.86. The van der Waals surface area contributed by atoms with Crippen LogP contribution in [0.3, 0.4) is 0 Å². The lowest BCUT2D eigenvalue weighted by molar-refractivity contribution is -0.114. The molecule has 1 rings (SSSR count). The second-order valence-corrected chi connectivity index (χ2v) is 4.33. The zero-order valence-electron chi connectivity index (χ0n) is 9.79. The molecule has 0 aliphatic rings. The summed E-state index contributed by atoms with van der Waals surface area (Å²) >= 11 is 0. The van der Waals surface area contributed by atoms with Crippen molar-refractivity contribution in [1.82, 2.24) is 9.78 Å². The molecule has 1 N–H and O–H groups in total. The second kappa shape index (κ2) is 3.92. The number of carbonyl (C=O) groups excluding carboxylic acids is 1. The Balaban J connectivity index is 3.11. The van der Waals surface area contributed by atoms with Crippen molar-refractivity contribution >= 4 is 11.6 Å². The number of rotatable bonds is 2. The van der Waals surface area contributed by atoms with Crippen LogP contribution in [-0.2, 0) is 10.3 Å². The van der Waals surface area contributed by atoms with Gasteiger partial charge >= 0.3 is 0 Å². The van der Waals surface area contributed by atoms with E-state index >= 15 is 0 Å². The van der Waals surface area contributed by atoms with Gasteiger partial charge in [0, 0.05) is 6.92 Å². The van der Waals surface area contributed by atoms with Gasteiger partial charge in [-0.25, -0.2) is 4.68 Å². The fraction of sp³-hybridized carbons (Fsp3) is 0.600. The van der Waals surface area contributed by atoms with Crippen molar-refractivity contribution in [2.24, 2.45) is 0 Å². The number of methoxy groups -OCH3 is 1. The minimum atomic E-state index is -0.179. The monoisotopic (exact) mass is 211 g/mol. The van der Waals surface area contributed by atoms with Crippen LogP contribution in [0.1, 0.15) is 27.7 Å². The van der Waals surface area contributed by atoms with E-state index in [1.807, 2.05) is 20.8 Å². The Morgan fingerprint density at radius 2 is 2.13 bits per heavy atom. The molecule has 0 saturated carbocycles. The SMILES string of the molecule is COc1c(NC(C)=O)cnn1C(C)(C)C. The molecule has 15 heavy (non-hydrogen) atoms. The van der Waals surface area contributed by atoms with Crippen molar-refractivity contribution in [3.63, 3.8) is 0 Å². The molecule has 0 saturated heterocycles. The number of aromatic nitrogens is 2. The number of ether oxygens (including phenoxy) is 1. The van der Waals surface area contributed by atoms with Crippen LogP contribution in [-0.4, -0.2) is 22.8 Å². The third-order valence-corrected chi connectivity index (χ3v) is 1.86. The molecule has 0 atom stereocenters. The highest BCUT2D eigenvalue weighted by Gasteiger charge is 2.21. The lowest BCUT2D eigenvalue weighted by Crippen LogP contribution is -2.23. The van der Waals surface area contributed by atoms with Gasteiger partial charge in [-0.05, 0) is 20.8 Å². The molecule has 1 heterocycles.